The van der Waals surface area contributed by atoms with E-state index >= 15 is 0 Å². The molecule has 24 heavy (non-hydrogen) atoms. The molecular weight excluding hydrogens is 324 g/mol. The topological polar surface area (TPSA) is 66.9 Å². The van der Waals surface area contributed by atoms with E-state index in [1.807, 2.05) is 19.1 Å². The van der Waals surface area contributed by atoms with Gasteiger partial charge < -0.3 is 10.6 Å². The van der Waals surface area contributed by atoms with Crippen molar-refractivity contribution in [1.29, 1.82) is 0 Å². The lowest BCUT2D eigenvalue weighted by atomic mass is 9.96. The maximum atomic E-state index is 12.3. The fourth-order valence-corrected chi connectivity index (χ4v) is 3.22. The number of anilines is 1. The predicted molar refractivity (Wildman–Crippen MR) is 96.1 cm³/mol. The summed E-state index contributed by atoms with van der Waals surface area (Å²) in [5, 5.41) is 6.76. The molecule has 1 aliphatic rings. The van der Waals surface area contributed by atoms with Crippen LogP contribution in [0.15, 0.2) is 30.7 Å². The molecule has 1 saturated heterocycles. The van der Waals surface area contributed by atoms with Gasteiger partial charge in [-0.2, -0.15) is 0 Å². The number of nitrogens with one attached hydrogen (secondary N) is 2. The standard InChI is InChI=1S/C18H21ClN4O/c1-12-4-6-21-10-15(12)14-8-17(22-11-16(14)19)23-18(24)7-13-3-2-5-20-9-13/h4,6,8,10-11,13,20H,2-3,5,7,9H2,1H3,(H,22,23,24). The van der Waals surface area contributed by atoms with Crippen molar-refractivity contribution in [2.24, 2.45) is 5.92 Å². The van der Waals surface area contributed by atoms with Crippen LogP contribution in [-0.2, 0) is 4.79 Å². The summed E-state index contributed by atoms with van der Waals surface area (Å²) in [4.78, 5) is 20.6. The van der Waals surface area contributed by atoms with Crippen molar-refractivity contribution in [3.8, 4) is 11.1 Å². The first-order valence-corrected chi connectivity index (χ1v) is 8.58. The van der Waals surface area contributed by atoms with Crippen LogP contribution in [0.4, 0.5) is 5.82 Å². The van der Waals surface area contributed by atoms with Crippen molar-refractivity contribution >= 4 is 23.3 Å². The van der Waals surface area contributed by atoms with E-state index in [1.54, 1.807) is 18.6 Å². The molecule has 1 fully saturated rings. The molecular formula is C18H21ClN4O. The minimum Gasteiger partial charge on any atom is -0.316 e. The van der Waals surface area contributed by atoms with E-state index in [2.05, 4.69) is 20.6 Å². The van der Waals surface area contributed by atoms with Crippen LogP contribution in [0.3, 0.4) is 0 Å². The second kappa shape index (κ2) is 7.73. The molecule has 2 aromatic rings. The minimum atomic E-state index is -0.00705. The summed E-state index contributed by atoms with van der Waals surface area (Å²) in [6.45, 7) is 3.95. The summed E-state index contributed by atoms with van der Waals surface area (Å²) in [5.74, 6) is 0.907. The van der Waals surface area contributed by atoms with Crippen molar-refractivity contribution in [2.45, 2.75) is 26.2 Å². The smallest absolute Gasteiger partial charge is 0.225 e. The average Bonchev–Trinajstić information content (AvgIpc) is 2.58. The van der Waals surface area contributed by atoms with Crippen LogP contribution < -0.4 is 10.6 Å². The summed E-state index contributed by atoms with van der Waals surface area (Å²) in [7, 11) is 0. The number of pyridine rings is 2. The Morgan fingerprint density at radius 1 is 1.42 bits per heavy atom. The van der Waals surface area contributed by atoms with Crippen LogP contribution in [0.1, 0.15) is 24.8 Å². The number of nitrogens with zero attached hydrogens (tertiary/aromatic N) is 2. The third kappa shape index (κ3) is 4.10. The van der Waals surface area contributed by atoms with E-state index in [-0.39, 0.29) is 5.91 Å². The van der Waals surface area contributed by atoms with Gasteiger partial charge in [0.05, 0.1) is 5.02 Å². The number of hydrogen-bond acceptors (Lipinski definition) is 4. The molecule has 2 aromatic heterocycles. The largest absolute Gasteiger partial charge is 0.316 e. The lowest BCUT2D eigenvalue weighted by Gasteiger charge is -2.22. The average molecular weight is 345 g/mol. The highest BCUT2D eigenvalue weighted by atomic mass is 35.5. The molecule has 0 spiro atoms. The fourth-order valence-electron chi connectivity index (χ4n) is 3.01. The van der Waals surface area contributed by atoms with Crippen molar-refractivity contribution in [3.63, 3.8) is 0 Å². The summed E-state index contributed by atoms with van der Waals surface area (Å²) in [6.07, 6.45) is 7.82. The van der Waals surface area contributed by atoms with Gasteiger partial charge in [-0.25, -0.2) is 4.98 Å². The lowest BCUT2D eigenvalue weighted by Crippen LogP contribution is -2.32. The summed E-state index contributed by atoms with van der Waals surface area (Å²) < 4.78 is 0. The zero-order valence-electron chi connectivity index (χ0n) is 13.7. The maximum absolute atomic E-state index is 12.3. The Morgan fingerprint density at radius 3 is 3.04 bits per heavy atom. The van der Waals surface area contributed by atoms with Gasteiger partial charge in [0, 0.05) is 36.1 Å². The number of carbonyl (C=O) groups is 1. The number of hydrogen-bond donors (Lipinski definition) is 2. The van der Waals surface area contributed by atoms with Crippen molar-refractivity contribution in [1.82, 2.24) is 15.3 Å². The quantitative estimate of drug-likeness (QED) is 0.891. The van der Waals surface area contributed by atoms with Crippen LogP contribution >= 0.6 is 11.6 Å². The van der Waals surface area contributed by atoms with Gasteiger partial charge in [-0.3, -0.25) is 9.78 Å². The lowest BCUT2D eigenvalue weighted by molar-refractivity contribution is -0.117. The molecule has 2 N–H and O–H groups in total. The van der Waals surface area contributed by atoms with Gasteiger partial charge in [-0.15, -0.1) is 0 Å². The maximum Gasteiger partial charge on any atom is 0.225 e. The van der Waals surface area contributed by atoms with Gasteiger partial charge in [-0.05, 0) is 56.5 Å². The molecule has 0 aromatic carbocycles. The van der Waals surface area contributed by atoms with E-state index in [9.17, 15) is 4.79 Å². The number of rotatable bonds is 4. The summed E-state index contributed by atoms with van der Waals surface area (Å²) in [6, 6.07) is 3.74. The third-order valence-electron chi connectivity index (χ3n) is 4.33. The van der Waals surface area contributed by atoms with E-state index < -0.39 is 0 Å². The third-order valence-corrected chi connectivity index (χ3v) is 4.63. The van der Waals surface area contributed by atoms with Crippen molar-refractivity contribution in [2.75, 3.05) is 18.4 Å². The summed E-state index contributed by atoms with van der Waals surface area (Å²) in [5.41, 5.74) is 2.84. The van der Waals surface area contributed by atoms with Gasteiger partial charge >= 0.3 is 0 Å². The predicted octanol–water partition coefficient (Wildman–Crippen LogP) is 3.43. The van der Waals surface area contributed by atoms with Gasteiger partial charge in [0.2, 0.25) is 5.91 Å². The van der Waals surface area contributed by atoms with Crippen LogP contribution in [0.2, 0.25) is 5.02 Å². The van der Waals surface area contributed by atoms with Crippen LogP contribution in [0.25, 0.3) is 11.1 Å². The molecule has 3 heterocycles. The first-order chi connectivity index (χ1) is 11.6. The monoisotopic (exact) mass is 344 g/mol. The van der Waals surface area contributed by atoms with Crippen LogP contribution in [0.5, 0.6) is 0 Å². The molecule has 126 valence electrons. The van der Waals surface area contributed by atoms with Crippen LogP contribution in [-0.4, -0.2) is 29.0 Å². The molecule has 1 amide bonds. The normalized spacial score (nSPS) is 17.5. The molecule has 1 atom stereocenters. The number of halogens is 1. The molecule has 0 saturated carbocycles. The second-order valence-corrected chi connectivity index (χ2v) is 6.61. The van der Waals surface area contributed by atoms with E-state index in [4.69, 9.17) is 11.6 Å². The van der Waals surface area contributed by atoms with E-state index in [0.29, 0.717) is 23.2 Å². The number of piperidine rings is 1. The molecule has 5 nitrogen and oxygen atoms in total. The number of aryl methyl sites for hydroxylation is 1. The first kappa shape index (κ1) is 16.9. The molecule has 6 heteroatoms. The Hall–Kier alpha value is -1.98. The molecule has 0 aliphatic carbocycles. The zero-order chi connectivity index (χ0) is 16.9. The number of aromatic nitrogens is 2. The summed E-state index contributed by atoms with van der Waals surface area (Å²) >= 11 is 6.28. The van der Waals surface area contributed by atoms with Gasteiger partial charge in [0.1, 0.15) is 5.82 Å². The second-order valence-electron chi connectivity index (χ2n) is 6.20. The molecule has 3 rings (SSSR count). The molecule has 0 bridgehead atoms. The SMILES string of the molecule is Cc1ccncc1-c1cc(NC(=O)CC2CCCNC2)ncc1Cl. The van der Waals surface area contributed by atoms with Gasteiger partial charge in [0.15, 0.2) is 0 Å². The minimum absolute atomic E-state index is 0.00705. The molecule has 1 unspecified atom stereocenters. The van der Waals surface area contributed by atoms with Crippen molar-refractivity contribution < 1.29 is 4.79 Å². The number of carbonyl (C=O) groups excluding carboxylic acids is 1. The van der Waals surface area contributed by atoms with Gasteiger partial charge in [-0.1, -0.05) is 11.6 Å². The van der Waals surface area contributed by atoms with E-state index in [0.717, 1.165) is 42.6 Å². The fraction of sp³-hybridized carbons (Fsp3) is 0.389. The highest BCUT2D eigenvalue weighted by Crippen LogP contribution is 2.31. The molecule has 0 radical (unpaired) electrons. The Labute approximate surface area is 146 Å². The van der Waals surface area contributed by atoms with E-state index in [1.165, 1.54) is 0 Å². The highest BCUT2D eigenvalue weighted by molar-refractivity contribution is 6.33. The Balaban J connectivity index is 1.74. The Morgan fingerprint density at radius 2 is 2.29 bits per heavy atom. The number of amides is 1. The van der Waals surface area contributed by atoms with Gasteiger partial charge in [0.25, 0.3) is 0 Å². The Bertz CT molecular complexity index is 729. The zero-order valence-corrected chi connectivity index (χ0v) is 14.4. The van der Waals surface area contributed by atoms with Crippen molar-refractivity contribution in [3.05, 3.63) is 41.3 Å². The Kier molecular flexibility index (Phi) is 5.43. The first-order valence-electron chi connectivity index (χ1n) is 8.20. The molecule has 1 aliphatic heterocycles. The highest BCUT2D eigenvalue weighted by Gasteiger charge is 2.17. The van der Waals surface area contributed by atoms with Crippen LogP contribution in [0, 0.1) is 12.8 Å².